The van der Waals surface area contributed by atoms with E-state index in [0.29, 0.717) is 6.07 Å². The first-order valence-corrected chi connectivity index (χ1v) is 6.63. The van der Waals surface area contributed by atoms with Crippen molar-refractivity contribution in [3.05, 3.63) is 44.5 Å². The van der Waals surface area contributed by atoms with Gasteiger partial charge < -0.3 is 5.11 Å². The summed E-state index contributed by atoms with van der Waals surface area (Å²) in [6.45, 7) is 0. The number of phenolic OH excluding ortho intramolecular Hbond substituents is 1. The molecule has 0 saturated heterocycles. The fourth-order valence-electron chi connectivity index (χ4n) is 1.81. The van der Waals surface area contributed by atoms with Gasteiger partial charge in [0.05, 0.1) is 26.2 Å². The fourth-order valence-corrected chi connectivity index (χ4v) is 2.31. The van der Waals surface area contributed by atoms with E-state index in [-0.39, 0.29) is 34.9 Å². The van der Waals surface area contributed by atoms with Crippen LogP contribution < -0.4 is 29.6 Å². The maximum absolute atomic E-state index is 11.0. The quantitative estimate of drug-likeness (QED) is 0.299. The molecule has 0 atom stereocenters. The summed E-state index contributed by atoms with van der Waals surface area (Å²) in [6.07, 6.45) is 0. The zero-order valence-electron chi connectivity index (χ0n) is 11.0. The maximum Gasteiger partial charge on any atom is 1.00 e. The first-order valence-electron chi connectivity index (χ1n) is 5.19. The molecule has 0 fully saturated rings. The number of nitro benzene ring substituents is 2. The van der Waals surface area contributed by atoms with Gasteiger partial charge in [-0.05, 0) is 18.2 Å². The van der Waals surface area contributed by atoms with Gasteiger partial charge in [0.2, 0.25) is 5.75 Å². The van der Waals surface area contributed by atoms with E-state index < -0.39 is 47.4 Å². The maximum atomic E-state index is 11.0. The number of aromatic hydroxyl groups is 1. The van der Waals surface area contributed by atoms with E-state index in [1.54, 1.807) is 0 Å². The summed E-state index contributed by atoms with van der Waals surface area (Å²) < 4.78 is 31.0. The molecular weight excluding hydrogens is 331 g/mol. The fraction of sp³-hybridized carbons (Fsp3) is 0. The molecule has 0 heterocycles. The third-order valence-electron chi connectivity index (χ3n) is 2.73. The van der Waals surface area contributed by atoms with Crippen molar-refractivity contribution in [3.8, 4) is 5.75 Å². The van der Waals surface area contributed by atoms with Crippen LogP contribution in [0.4, 0.5) is 11.4 Å². The average molecular weight is 337 g/mol. The van der Waals surface area contributed by atoms with Crippen molar-refractivity contribution in [1.29, 1.82) is 0 Å². The predicted molar refractivity (Wildman–Crippen MR) is 68.7 cm³/mol. The number of rotatable bonds is 3. The van der Waals surface area contributed by atoms with Crippen molar-refractivity contribution in [2.45, 2.75) is 4.90 Å². The van der Waals surface area contributed by atoms with Crippen LogP contribution in [0.25, 0.3) is 10.8 Å². The molecule has 0 aliphatic rings. The first-order chi connectivity index (χ1) is 9.62. The van der Waals surface area contributed by atoms with E-state index in [1.165, 1.54) is 0 Å². The third kappa shape index (κ3) is 3.18. The molecule has 2 N–H and O–H groups in total. The number of fused-ring (bicyclic) bond motifs is 1. The summed E-state index contributed by atoms with van der Waals surface area (Å²) in [5.74, 6) is -0.925. The molecule has 0 bridgehead atoms. The van der Waals surface area contributed by atoms with Crippen LogP contribution in [-0.2, 0) is 10.1 Å². The van der Waals surface area contributed by atoms with Crippen molar-refractivity contribution in [2.75, 3.05) is 0 Å². The minimum absolute atomic E-state index is 0. The van der Waals surface area contributed by atoms with Gasteiger partial charge in [0.1, 0.15) is 0 Å². The number of hydrogen-bond donors (Lipinski definition) is 2. The second-order valence-electron chi connectivity index (χ2n) is 3.96. The van der Waals surface area contributed by atoms with Crippen LogP contribution in [0.5, 0.6) is 5.75 Å². The Labute approximate surface area is 144 Å². The summed E-state index contributed by atoms with van der Waals surface area (Å²) in [5, 5.41) is 30.8. The second kappa shape index (κ2) is 6.14. The number of benzene rings is 2. The van der Waals surface area contributed by atoms with Crippen LogP contribution in [0.1, 0.15) is 0 Å². The Kier molecular flexibility index (Phi) is 5.10. The number of non-ortho nitro benzene ring substituents is 1. The largest absolute Gasteiger partial charge is 1.00 e. The molecule has 0 aliphatic heterocycles. The van der Waals surface area contributed by atoms with E-state index in [0.717, 1.165) is 18.2 Å². The molecule has 0 saturated carbocycles. The first kappa shape index (κ1) is 18.3. The molecule has 0 amide bonds. The molecule has 0 spiro atoms. The minimum atomic E-state index is -4.63. The summed E-state index contributed by atoms with van der Waals surface area (Å²) in [5.41, 5.74) is -1.61. The zero-order valence-corrected chi connectivity index (χ0v) is 13.8. The zero-order chi connectivity index (χ0) is 15.9. The van der Waals surface area contributed by atoms with E-state index in [2.05, 4.69) is 0 Å². The Hall–Kier alpha value is -1.79. The molecule has 0 unspecified atom stereocenters. The van der Waals surface area contributed by atoms with Gasteiger partial charge in [-0.15, -0.1) is 0 Å². The van der Waals surface area contributed by atoms with Gasteiger partial charge in [-0.3, -0.25) is 24.8 Å². The van der Waals surface area contributed by atoms with Crippen LogP contribution in [-0.4, -0.2) is 27.9 Å². The molecular formula is C10H6N2NaO8S+. The van der Waals surface area contributed by atoms with Crippen molar-refractivity contribution >= 4 is 32.3 Å². The average Bonchev–Trinajstić information content (AvgIpc) is 2.36. The summed E-state index contributed by atoms with van der Waals surface area (Å²) in [6, 6.07) is 3.15. The number of hydrogen-bond acceptors (Lipinski definition) is 7. The van der Waals surface area contributed by atoms with Gasteiger partial charge in [-0.1, -0.05) is 0 Å². The summed E-state index contributed by atoms with van der Waals surface area (Å²) >= 11 is 0. The van der Waals surface area contributed by atoms with Crippen LogP contribution in [0.15, 0.2) is 29.2 Å². The van der Waals surface area contributed by atoms with Gasteiger partial charge in [0, 0.05) is 5.39 Å². The molecule has 12 heteroatoms. The molecule has 2 aromatic carbocycles. The Balaban J connectivity index is 0.00000242. The standard InChI is InChI=1S/C10H6N2O8S.Na/c13-10-7-3-5(21(18,19)20)1-2-6(7)8(11(14)15)4-9(10)12(16)17;/h1-4,13H,(H,18,19,20);/q;+1. The Morgan fingerprint density at radius 1 is 0.955 bits per heavy atom. The summed E-state index contributed by atoms with van der Waals surface area (Å²) in [4.78, 5) is 19.1. The van der Waals surface area contributed by atoms with Gasteiger partial charge >= 0.3 is 35.2 Å². The molecule has 2 rings (SSSR count). The van der Waals surface area contributed by atoms with Gasteiger partial charge in [0.25, 0.3) is 15.8 Å². The van der Waals surface area contributed by atoms with Gasteiger partial charge in [-0.2, -0.15) is 8.42 Å². The van der Waals surface area contributed by atoms with Gasteiger partial charge in [0.15, 0.2) is 0 Å². The number of phenols is 1. The molecule has 0 aromatic heterocycles. The van der Waals surface area contributed by atoms with E-state index in [9.17, 15) is 33.8 Å². The van der Waals surface area contributed by atoms with Gasteiger partial charge in [-0.25, -0.2) is 0 Å². The van der Waals surface area contributed by atoms with Crippen molar-refractivity contribution in [3.63, 3.8) is 0 Å². The SMILES string of the molecule is O=[N+]([O-])c1cc([N+](=O)[O-])c2ccc(S(=O)(=O)O)cc2c1O.[Na+]. The summed E-state index contributed by atoms with van der Waals surface area (Å²) in [7, 11) is -4.63. The second-order valence-corrected chi connectivity index (χ2v) is 5.38. The van der Waals surface area contributed by atoms with Crippen LogP contribution >= 0.6 is 0 Å². The number of nitro groups is 2. The normalized spacial score (nSPS) is 11.0. The molecule has 0 radical (unpaired) electrons. The molecule has 22 heavy (non-hydrogen) atoms. The monoisotopic (exact) mass is 337 g/mol. The Morgan fingerprint density at radius 3 is 1.95 bits per heavy atom. The third-order valence-corrected chi connectivity index (χ3v) is 3.58. The van der Waals surface area contributed by atoms with Crippen LogP contribution in [0.3, 0.4) is 0 Å². The smallest absolute Gasteiger partial charge is 0.502 e. The van der Waals surface area contributed by atoms with Crippen molar-refractivity contribution in [1.82, 2.24) is 0 Å². The van der Waals surface area contributed by atoms with E-state index >= 15 is 0 Å². The van der Waals surface area contributed by atoms with Crippen molar-refractivity contribution < 1.29 is 57.5 Å². The molecule has 2 aromatic rings. The Morgan fingerprint density at radius 2 is 1.50 bits per heavy atom. The van der Waals surface area contributed by atoms with E-state index in [4.69, 9.17) is 4.55 Å². The molecule has 110 valence electrons. The molecule has 10 nitrogen and oxygen atoms in total. The van der Waals surface area contributed by atoms with Crippen LogP contribution in [0, 0.1) is 20.2 Å². The number of nitrogens with zero attached hydrogens (tertiary/aromatic N) is 2. The predicted octanol–water partition coefficient (Wildman–Crippen LogP) is -1.39. The van der Waals surface area contributed by atoms with Crippen molar-refractivity contribution in [2.24, 2.45) is 0 Å². The van der Waals surface area contributed by atoms with Crippen LogP contribution in [0.2, 0.25) is 0 Å². The topological polar surface area (TPSA) is 161 Å². The van der Waals surface area contributed by atoms with E-state index in [1.807, 2.05) is 0 Å². The molecule has 0 aliphatic carbocycles. The minimum Gasteiger partial charge on any atom is -0.502 e. The Bertz CT molecular complexity index is 895.